The van der Waals surface area contributed by atoms with Gasteiger partial charge in [0.05, 0.1) is 10.6 Å². The zero-order chi connectivity index (χ0) is 28.0. The van der Waals surface area contributed by atoms with E-state index in [0.717, 1.165) is 21.0 Å². The zero-order valence-corrected chi connectivity index (χ0v) is 23.9. The Hall–Kier alpha value is -3.36. The van der Waals surface area contributed by atoms with E-state index in [1.165, 1.54) is 24.1 Å². The number of halogens is 1. The number of rotatable bonds is 10. The second-order valence-electron chi connectivity index (χ2n) is 9.25. The average Bonchev–Trinajstić information content (AvgIpc) is 2.90. The lowest BCUT2D eigenvalue weighted by Crippen LogP contribution is -2.51. The van der Waals surface area contributed by atoms with Gasteiger partial charge < -0.3 is 10.2 Å². The van der Waals surface area contributed by atoms with Crippen LogP contribution in [0, 0.1) is 20.8 Å². The number of nitrogens with zero attached hydrogens (tertiary/aromatic N) is 2. The summed E-state index contributed by atoms with van der Waals surface area (Å²) in [4.78, 5) is 28.2. The summed E-state index contributed by atoms with van der Waals surface area (Å²) >= 11 is 6.36. The third-order valence-corrected chi connectivity index (χ3v) is 8.68. The standard InChI is InChI=1S/C29H34ClN3O4S/c1-6-26(29(35)31-5)32(18-23-14-10-20(2)11-15-23)28(34)19-33(27-9-7-8-25(30)22(27)4)38(36,37)24-16-12-21(3)13-17-24/h7-17,26H,6,18-19H2,1-5H3,(H,31,35). The molecule has 2 amide bonds. The first-order valence-electron chi connectivity index (χ1n) is 12.4. The molecule has 3 aromatic rings. The van der Waals surface area contributed by atoms with Crippen LogP contribution < -0.4 is 9.62 Å². The van der Waals surface area contributed by atoms with Gasteiger partial charge in [-0.25, -0.2) is 8.42 Å². The number of hydrogen-bond acceptors (Lipinski definition) is 4. The highest BCUT2D eigenvalue weighted by Gasteiger charge is 2.34. The molecule has 38 heavy (non-hydrogen) atoms. The van der Waals surface area contributed by atoms with E-state index < -0.39 is 28.5 Å². The molecule has 0 aromatic heterocycles. The predicted molar refractivity (Wildman–Crippen MR) is 152 cm³/mol. The first-order valence-corrected chi connectivity index (χ1v) is 14.2. The van der Waals surface area contributed by atoms with Crippen LogP contribution in [0.5, 0.6) is 0 Å². The Morgan fingerprint density at radius 1 is 0.921 bits per heavy atom. The number of aryl methyl sites for hydroxylation is 2. The molecule has 0 fully saturated rings. The maximum atomic E-state index is 14.0. The molecule has 3 aromatic carbocycles. The minimum absolute atomic E-state index is 0.0544. The molecule has 0 aliphatic rings. The monoisotopic (exact) mass is 555 g/mol. The van der Waals surface area contributed by atoms with Crippen LogP contribution in [0.3, 0.4) is 0 Å². The highest BCUT2D eigenvalue weighted by molar-refractivity contribution is 7.92. The summed E-state index contributed by atoms with van der Waals surface area (Å²) in [5, 5.41) is 3.01. The van der Waals surface area contributed by atoms with Crippen molar-refractivity contribution in [2.75, 3.05) is 17.9 Å². The molecule has 0 aliphatic carbocycles. The second kappa shape index (κ2) is 12.5. The number of amides is 2. The van der Waals surface area contributed by atoms with Crippen molar-refractivity contribution >= 4 is 39.1 Å². The first kappa shape index (κ1) is 29.2. The first-order chi connectivity index (χ1) is 18.0. The summed E-state index contributed by atoms with van der Waals surface area (Å²) in [5.41, 5.74) is 3.64. The minimum atomic E-state index is -4.15. The summed E-state index contributed by atoms with van der Waals surface area (Å²) in [6.07, 6.45) is 0.359. The van der Waals surface area contributed by atoms with Gasteiger partial charge in [0, 0.05) is 18.6 Å². The quantitative estimate of drug-likeness (QED) is 0.381. The Morgan fingerprint density at radius 3 is 2.05 bits per heavy atom. The molecule has 0 radical (unpaired) electrons. The molecule has 1 atom stereocenters. The Bertz CT molecular complexity index is 1390. The summed E-state index contributed by atoms with van der Waals surface area (Å²) in [6.45, 7) is 7.01. The Balaban J connectivity index is 2.10. The number of likely N-dealkylation sites (N-methyl/N-ethyl adjacent to an activating group) is 1. The summed E-state index contributed by atoms with van der Waals surface area (Å²) < 4.78 is 28.9. The van der Waals surface area contributed by atoms with Crippen LogP contribution in [0.4, 0.5) is 5.69 Å². The lowest BCUT2D eigenvalue weighted by atomic mass is 10.1. The number of sulfonamides is 1. The van der Waals surface area contributed by atoms with E-state index in [1.807, 2.05) is 45.0 Å². The smallest absolute Gasteiger partial charge is 0.264 e. The summed E-state index contributed by atoms with van der Waals surface area (Å²) in [7, 11) is -2.63. The average molecular weight is 556 g/mol. The molecule has 1 N–H and O–H groups in total. The zero-order valence-electron chi connectivity index (χ0n) is 22.4. The molecule has 0 saturated heterocycles. The Morgan fingerprint density at radius 2 is 1.50 bits per heavy atom. The summed E-state index contributed by atoms with van der Waals surface area (Å²) in [5.74, 6) is -0.823. The van der Waals surface area contributed by atoms with Crippen molar-refractivity contribution in [3.63, 3.8) is 0 Å². The van der Waals surface area contributed by atoms with Crippen LogP contribution in [0.15, 0.2) is 71.6 Å². The molecule has 0 bridgehead atoms. The number of hydrogen-bond donors (Lipinski definition) is 1. The highest BCUT2D eigenvalue weighted by Crippen LogP contribution is 2.31. The van der Waals surface area contributed by atoms with Crippen molar-refractivity contribution in [1.29, 1.82) is 0 Å². The number of carbonyl (C=O) groups excluding carboxylic acids is 2. The van der Waals surface area contributed by atoms with E-state index in [0.29, 0.717) is 22.7 Å². The fraction of sp³-hybridized carbons (Fsp3) is 0.310. The van der Waals surface area contributed by atoms with Crippen molar-refractivity contribution < 1.29 is 18.0 Å². The van der Waals surface area contributed by atoms with Gasteiger partial charge in [-0.3, -0.25) is 13.9 Å². The maximum absolute atomic E-state index is 14.0. The third-order valence-electron chi connectivity index (χ3n) is 6.50. The number of anilines is 1. The van der Waals surface area contributed by atoms with Gasteiger partial charge in [0.1, 0.15) is 12.6 Å². The van der Waals surface area contributed by atoms with Crippen molar-refractivity contribution in [2.24, 2.45) is 0 Å². The molecule has 9 heteroatoms. The number of nitrogens with one attached hydrogen (secondary N) is 1. The number of benzene rings is 3. The van der Waals surface area contributed by atoms with Crippen molar-refractivity contribution in [1.82, 2.24) is 10.2 Å². The van der Waals surface area contributed by atoms with Crippen LogP contribution in [-0.4, -0.2) is 44.8 Å². The summed E-state index contributed by atoms with van der Waals surface area (Å²) in [6, 6.07) is 18.3. The molecule has 0 saturated carbocycles. The normalized spacial score (nSPS) is 12.1. The molecule has 7 nitrogen and oxygen atoms in total. The Kier molecular flexibility index (Phi) is 9.57. The van der Waals surface area contributed by atoms with E-state index in [4.69, 9.17) is 11.6 Å². The maximum Gasteiger partial charge on any atom is 0.264 e. The lowest BCUT2D eigenvalue weighted by Gasteiger charge is -2.33. The van der Waals surface area contributed by atoms with Crippen molar-refractivity contribution in [2.45, 2.75) is 51.6 Å². The van der Waals surface area contributed by atoms with Gasteiger partial charge in [-0.15, -0.1) is 0 Å². The molecule has 0 aliphatic heterocycles. The molecular formula is C29H34ClN3O4S. The fourth-order valence-electron chi connectivity index (χ4n) is 4.19. The molecule has 202 valence electrons. The van der Waals surface area contributed by atoms with Crippen LogP contribution in [0.25, 0.3) is 0 Å². The van der Waals surface area contributed by atoms with E-state index in [9.17, 15) is 18.0 Å². The highest BCUT2D eigenvalue weighted by atomic mass is 35.5. The molecule has 3 rings (SSSR count). The van der Waals surface area contributed by atoms with E-state index in [-0.39, 0.29) is 17.3 Å². The van der Waals surface area contributed by atoms with Gasteiger partial charge in [0.25, 0.3) is 10.0 Å². The molecule has 0 heterocycles. The molecule has 1 unspecified atom stereocenters. The fourth-order valence-corrected chi connectivity index (χ4v) is 5.83. The predicted octanol–water partition coefficient (Wildman–Crippen LogP) is 5.01. The van der Waals surface area contributed by atoms with Gasteiger partial charge in [-0.05, 0) is 62.6 Å². The van der Waals surface area contributed by atoms with Crippen LogP contribution in [0.2, 0.25) is 5.02 Å². The van der Waals surface area contributed by atoms with Gasteiger partial charge in [0.2, 0.25) is 11.8 Å². The van der Waals surface area contributed by atoms with Gasteiger partial charge >= 0.3 is 0 Å². The van der Waals surface area contributed by atoms with Gasteiger partial charge in [0.15, 0.2) is 0 Å². The van der Waals surface area contributed by atoms with E-state index in [2.05, 4.69) is 5.32 Å². The SMILES string of the molecule is CCC(C(=O)NC)N(Cc1ccc(C)cc1)C(=O)CN(c1cccc(Cl)c1C)S(=O)(=O)c1ccc(C)cc1. The number of carbonyl (C=O) groups is 2. The van der Waals surface area contributed by atoms with Crippen LogP contribution in [-0.2, 0) is 26.2 Å². The van der Waals surface area contributed by atoms with Crippen molar-refractivity contribution in [3.05, 3.63) is 94.0 Å². The van der Waals surface area contributed by atoms with Gasteiger partial charge in [-0.1, -0.05) is 72.1 Å². The molecule has 0 spiro atoms. The van der Waals surface area contributed by atoms with Gasteiger partial charge in [-0.2, -0.15) is 0 Å². The van der Waals surface area contributed by atoms with E-state index >= 15 is 0 Å². The lowest BCUT2D eigenvalue weighted by molar-refractivity contribution is -0.140. The minimum Gasteiger partial charge on any atom is -0.357 e. The van der Waals surface area contributed by atoms with E-state index in [1.54, 1.807) is 37.3 Å². The largest absolute Gasteiger partial charge is 0.357 e. The third kappa shape index (κ3) is 6.55. The second-order valence-corrected chi connectivity index (χ2v) is 11.5. The topological polar surface area (TPSA) is 86.8 Å². The van der Waals surface area contributed by atoms with Crippen LogP contribution in [0.1, 0.15) is 35.6 Å². The molecular weight excluding hydrogens is 522 g/mol. The van der Waals surface area contributed by atoms with Crippen molar-refractivity contribution in [3.8, 4) is 0 Å². The Labute approximate surface area is 230 Å². The van der Waals surface area contributed by atoms with Crippen LogP contribution >= 0.6 is 11.6 Å².